The molecule has 0 amide bonds. The lowest BCUT2D eigenvalue weighted by Crippen LogP contribution is -2.41. The average molecular weight is 382 g/mol. The number of aliphatic hydroxyl groups excluding tert-OH is 2. The predicted octanol–water partition coefficient (Wildman–Crippen LogP) is 2.48. The minimum Gasteiger partial charge on any atom is -0.497 e. The molecule has 2 aromatic rings. The largest absolute Gasteiger partial charge is 0.497 e. The molecule has 5 nitrogen and oxygen atoms in total. The van der Waals surface area contributed by atoms with Gasteiger partial charge in [0.25, 0.3) is 0 Å². The van der Waals surface area contributed by atoms with Gasteiger partial charge in [-0.15, -0.1) is 0 Å². The van der Waals surface area contributed by atoms with Crippen molar-refractivity contribution in [1.29, 1.82) is 0 Å². The summed E-state index contributed by atoms with van der Waals surface area (Å²) in [6.45, 7) is 0.434. The monoisotopic (exact) mass is 382 g/mol. The van der Waals surface area contributed by atoms with Crippen molar-refractivity contribution in [3.63, 3.8) is 0 Å². The van der Waals surface area contributed by atoms with Crippen LogP contribution in [0, 0.1) is 0 Å². The highest BCUT2D eigenvalue weighted by molar-refractivity contribution is 5.28. The fourth-order valence-corrected chi connectivity index (χ4v) is 3.40. The molecular formula is C19H21F3N2O3. The zero-order valence-corrected chi connectivity index (χ0v) is 14.6. The molecule has 1 saturated carbocycles. The van der Waals surface area contributed by atoms with Gasteiger partial charge in [0, 0.05) is 24.7 Å². The Bertz CT molecular complexity index is 750. The fourth-order valence-electron chi connectivity index (χ4n) is 3.40. The molecule has 146 valence electrons. The van der Waals surface area contributed by atoms with Crippen molar-refractivity contribution < 1.29 is 28.1 Å². The molecule has 1 aliphatic carbocycles. The van der Waals surface area contributed by atoms with Crippen molar-refractivity contribution in [2.45, 2.75) is 43.3 Å². The van der Waals surface area contributed by atoms with E-state index < -0.39 is 30.1 Å². The van der Waals surface area contributed by atoms with Crippen molar-refractivity contribution in [3.8, 4) is 5.75 Å². The van der Waals surface area contributed by atoms with E-state index in [0.717, 1.165) is 17.4 Å². The molecule has 1 fully saturated rings. The number of ether oxygens (including phenoxy) is 1. The number of hydrogen-bond donors (Lipinski definition) is 3. The Kier molecular flexibility index (Phi) is 5.69. The predicted molar refractivity (Wildman–Crippen MR) is 92.2 cm³/mol. The molecule has 1 heterocycles. The molecule has 3 rings (SSSR count). The molecule has 8 heteroatoms. The van der Waals surface area contributed by atoms with Gasteiger partial charge in [-0.05, 0) is 35.7 Å². The molecule has 0 spiro atoms. The van der Waals surface area contributed by atoms with Crippen molar-refractivity contribution in [2.75, 3.05) is 7.11 Å². The second-order valence-electron chi connectivity index (χ2n) is 6.63. The Morgan fingerprint density at radius 1 is 1.15 bits per heavy atom. The first-order chi connectivity index (χ1) is 12.8. The molecule has 0 radical (unpaired) electrons. The number of hydrogen-bond acceptors (Lipinski definition) is 5. The average Bonchev–Trinajstić information content (AvgIpc) is 2.94. The molecule has 0 aliphatic heterocycles. The number of alkyl halides is 3. The summed E-state index contributed by atoms with van der Waals surface area (Å²) >= 11 is 0. The second-order valence-corrected chi connectivity index (χ2v) is 6.63. The number of aromatic nitrogens is 1. The third-order valence-corrected chi connectivity index (χ3v) is 4.90. The van der Waals surface area contributed by atoms with Crippen LogP contribution in [-0.2, 0) is 12.7 Å². The van der Waals surface area contributed by atoms with Crippen molar-refractivity contribution >= 4 is 0 Å². The van der Waals surface area contributed by atoms with Gasteiger partial charge in [-0.25, -0.2) is 0 Å². The van der Waals surface area contributed by atoms with E-state index in [0.29, 0.717) is 12.1 Å². The lowest BCUT2D eigenvalue weighted by atomic mass is 9.94. The van der Waals surface area contributed by atoms with Crippen LogP contribution >= 0.6 is 0 Å². The summed E-state index contributed by atoms with van der Waals surface area (Å²) in [5, 5.41) is 23.6. The van der Waals surface area contributed by atoms with Crippen LogP contribution in [0.5, 0.6) is 5.75 Å². The molecule has 0 bridgehead atoms. The van der Waals surface area contributed by atoms with Gasteiger partial charge in [0.05, 0.1) is 19.3 Å². The number of methoxy groups -OCH3 is 1. The zero-order chi connectivity index (χ0) is 19.6. The summed E-state index contributed by atoms with van der Waals surface area (Å²) in [6.07, 6.45) is -5.06. The van der Waals surface area contributed by atoms with Crippen LogP contribution in [0.15, 0.2) is 42.6 Å². The maximum Gasteiger partial charge on any atom is 0.433 e. The maximum absolute atomic E-state index is 12.7. The third kappa shape index (κ3) is 4.40. The van der Waals surface area contributed by atoms with Crippen LogP contribution in [0.25, 0.3) is 0 Å². The summed E-state index contributed by atoms with van der Waals surface area (Å²) in [6, 6.07) is 9.15. The van der Waals surface area contributed by atoms with Crippen LogP contribution in [0.1, 0.15) is 29.2 Å². The Morgan fingerprint density at radius 3 is 2.41 bits per heavy atom. The third-order valence-electron chi connectivity index (χ3n) is 4.90. The van der Waals surface area contributed by atoms with Crippen molar-refractivity contribution in [3.05, 3.63) is 59.4 Å². The van der Waals surface area contributed by atoms with Crippen LogP contribution in [0.3, 0.4) is 0 Å². The summed E-state index contributed by atoms with van der Waals surface area (Å²) in [5.41, 5.74) is 0.535. The van der Waals surface area contributed by atoms with E-state index in [-0.39, 0.29) is 12.3 Å². The Hall–Kier alpha value is -2.16. The molecule has 0 saturated heterocycles. The minimum atomic E-state index is -4.50. The van der Waals surface area contributed by atoms with Gasteiger partial charge >= 0.3 is 6.18 Å². The van der Waals surface area contributed by atoms with Crippen molar-refractivity contribution in [2.24, 2.45) is 0 Å². The number of nitrogens with one attached hydrogen (secondary N) is 1. The number of rotatable bonds is 5. The highest BCUT2D eigenvalue weighted by Crippen LogP contribution is 2.36. The molecule has 1 aromatic heterocycles. The number of halogens is 3. The van der Waals surface area contributed by atoms with Gasteiger partial charge in [0.1, 0.15) is 11.4 Å². The minimum absolute atomic E-state index is 0.245. The quantitative estimate of drug-likeness (QED) is 0.741. The first kappa shape index (κ1) is 19.6. The van der Waals surface area contributed by atoms with Gasteiger partial charge in [0.2, 0.25) is 0 Å². The van der Waals surface area contributed by atoms with Gasteiger partial charge in [-0.3, -0.25) is 4.98 Å². The molecule has 27 heavy (non-hydrogen) atoms. The SMILES string of the molecule is COc1ccc(CNC2C(c3ccc(C(F)(F)F)nc3)CC(O)C2O)cc1. The maximum atomic E-state index is 12.7. The highest BCUT2D eigenvalue weighted by Gasteiger charge is 2.42. The summed E-state index contributed by atoms with van der Waals surface area (Å²) in [4.78, 5) is 3.49. The smallest absolute Gasteiger partial charge is 0.433 e. The first-order valence-electron chi connectivity index (χ1n) is 8.55. The molecular weight excluding hydrogens is 361 g/mol. The topological polar surface area (TPSA) is 74.6 Å². The van der Waals surface area contributed by atoms with E-state index >= 15 is 0 Å². The lowest BCUT2D eigenvalue weighted by Gasteiger charge is -2.24. The summed E-state index contributed by atoms with van der Waals surface area (Å²) < 4.78 is 43.2. The number of pyridine rings is 1. The summed E-state index contributed by atoms with van der Waals surface area (Å²) in [5.74, 6) is 0.381. The second kappa shape index (κ2) is 7.84. The standard InChI is InChI=1S/C19H21F3N2O3/c1-27-13-5-2-11(3-6-13)9-24-17-14(8-15(25)18(17)26)12-4-7-16(23-10-12)19(20,21)22/h2-7,10,14-15,17-18,24-26H,8-9H2,1H3. The van der Waals surface area contributed by atoms with E-state index in [9.17, 15) is 23.4 Å². The molecule has 1 aromatic carbocycles. The van der Waals surface area contributed by atoms with Crippen LogP contribution in [-0.4, -0.2) is 40.6 Å². The Balaban J connectivity index is 1.73. The van der Waals surface area contributed by atoms with Crippen LogP contribution in [0.2, 0.25) is 0 Å². The van der Waals surface area contributed by atoms with E-state index in [1.54, 1.807) is 7.11 Å². The van der Waals surface area contributed by atoms with Gasteiger partial charge in [0.15, 0.2) is 0 Å². The van der Waals surface area contributed by atoms with Crippen LogP contribution < -0.4 is 10.1 Å². The van der Waals surface area contributed by atoms with Gasteiger partial charge < -0.3 is 20.3 Å². The van der Waals surface area contributed by atoms with E-state index in [1.165, 1.54) is 12.3 Å². The van der Waals surface area contributed by atoms with Crippen molar-refractivity contribution in [1.82, 2.24) is 10.3 Å². The molecule has 4 atom stereocenters. The normalized spacial score (nSPS) is 25.6. The van der Waals surface area contributed by atoms with E-state index in [4.69, 9.17) is 4.74 Å². The lowest BCUT2D eigenvalue weighted by molar-refractivity contribution is -0.141. The molecule has 4 unspecified atom stereocenters. The number of nitrogens with zero attached hydrogens (tertiary/aromatic N) is 1. The number of benzene rings is 1. The first-order valence-corrected chi connectivity index (χ1v) is 8.55. The molecule has 1 aliphatic rings. The summed E-state index contributed by atoms with van der Waals surface area (Å²) in [7, 11) is 1.58. The number of aliphatic hydroxyl groups is 2. The zero-order valence-electron chi connectivity index (χ0n) is 14.6. The van der Waals surface area contributed by atoms with Gasteiger partial charge in [-0.1, -0.05) is 18.2 Å². The van der Waals surface area contributed by atoms with Gasteiger partial charge in [-0.2, -0.15) is 13.2 Å². The van der Waals surface area contributed by atoms with E-state index in [1.807, 2.05) is 24.3 Å². The van der Waals surface area contributed by atoms with E-state index in [2.05, 4.69) is 10.3 Å². The molecule has 3 N–H and O–H groups in total. The van der Waals surface area contributed by atoms with Crippen LogP contribution in [0.4, 0.5) is 13.2 Å². The fraction of sp³-hybridized carbons (Fsp3) is 0.421. The Morgan fingerprint density at radius 2 is 1.85 bits per heavy atom. The Labute approximate surface area is 154 Å². The highest BCUT2D eigenvalue weighted by atomic mass is 19.4.